The zero-order valence-electron chi connectivity index (χ0n) is 23.8. The molecule has 2 fully saturated rings. The molecule has 0 aliphatic carbocycles. The molecule has 8 atom stereocenters. The molecular formula is C29H44N4O6. The molecular weight excluding hydrogens is 500 g/mol. The van der Waals surface area contributed by atoms with Crippen LogP contribution in [0.4, 0.5) is 0 Å². The summed E-state index contributed by atoms with van der Waals surface area (Å²) < 4.78 is 7.84. The molecule has 2 saturated heterocycles. The molecule has 2 aromatic rings. The predicted molar refractivity (Wildman–Crippen MR) is 148 cm³/mol. The Balaban J connectivity index is 1.63. The summed E-state index contributed by atoms with van der Waals surface area (Å²) in [6.07, 6.45) is -1.07. The first-order chi connectivity index (χ1) is 18.5. The second-order valence-corrected chi connectivity index (χ2v) is 11.5. The van der Waals surface area contributed by atoms with Crippen molar-refractivity contribution >= 4 is 22.7 Å². The summed E-state index contributed by atoms with van der Waals surface area (Å²) in [6.45, 7) is 9.94. The van der Waals surface area contributed by atoms with E-state index in [0.29, 0.717) is 13.0 Å². The van der Waals surface area contributed by atoms with E-state index in [1.807, 2.05) is 54.6 Å². The Labute approximate surface area is 230 Å². The monoisotopic (exact) mass is 544 g/mol. The van der Waals surface area contributed by atoms with E-state index >= 15 is 0 Å². The van der Waals surface area contributed by atoms with Crippen LogP contribution in [-0.2, 0) is 20.7 Å². The third-order valence-electron chi connectivity index (χ3n) is 8.41. The van der Waals surface area contributed by atoms with Crippen molar-refractivity contribution in [3.63, 3.8) is 0 Å². The molecule has 1 aromatic carbocycles. The van der Waals surface area contributed by atoms with Crippen molar-refractivity contribution in [3.05, 3.63) is 35.5 Å². The first-order valence-corrected chi connectivity index (χ1v) is 14.0. The fourth-order valence-corrected chi connectivity index (χ4v) is 5.88. The molecule has 0 radical (unpaired) electrons. The molecule has 216 valence electrons. The number of carbonyl (C=O) groups excluding carboxylic acids is 2. The van der Waals surface area contributed by atoms with Gasteiger partial charge in [-0.3, -0.25) is 9.59 Å². The van der Waals surface area contributed by atoms with Gasteiger partial charge in [0.15, 0.2) is 6.23 Å². The average molecular weight is 545 g/mol. The number of nitrogens with zero attached hydrogens (tertiary/aromatic N) is 2. The maximum atomic E-state index is 13.7. The summed E-state index contributed by atoms with van der Waals surface area (Å²) in [6, 6.07) is 4.94. The molecule has 0 spiro atoms. The topological polar surface area (TPSA) is 136 Å². The number of para-hydroxylation sites is 1. The summed E-state index contributed by atoms with van der Waals surface area (Å²) >= 11 is 0. The van der Waals surface area contributed by atoms with E-state index in [1.165, 1.54) is 0 Å². The lowest BCUT2D eigenvalue weighted by Gasteiger charge is -2.40. The van der Waals surface area contributed by atoms with Gasteiger partial charge < -0.3 is 40.2 Å². The Kier molecular flexibility index (Phi) is 9.02. The van der Waals surface area contributed by atoms with Gasteiger partial charge in [0.1, 0.15) is 24.4 Å². The molecule has 1 unspecified atom stereocenters. The van der Waals surface area contributed by atoms with Crippen LogP contribution in [0, 0.1) is 12.8 Å². The summed E-state index contributed by atoms with van der Waals surface area (Å²) in [7, 11) is 1.71. The highest BCUT2D eigenvalue weighted by atomic mass is 16.5. The zero-order chi connectivity index (χ0) is 28.6. The lowest BCUT2D eigenvalue weighted by molar-refractivity contribution is -0.239. The summed E-state index contributed by atoms with van der Waals surface area (Å²) in [5.74, 6) is -0.336. The molecule has 1 aromatic heterocycles. The third-order valence-corrected chi connectivity index (χ3v) is 8.41. The van der Waals surface area contributed by atoms with Crippen molar-refractivity contribution < 1.29 is 29.6 Å². The van der Waals surface area contributed by atoms with Gasteiger partial charge in [-0.15, -0.1) is 0 Å². The number of likely N-dealkylation sites (tertiary alicyclic amines) is 1. The number of rotatable bonds is 8. The Hall–Kier alpha value is -2.50. The highest BCUT2D eigenvalue weighted by Crippen LogP contribution is 2.36. The van der Waals surface area contributed by atoms with Crippen molar-refractivity contribution in [2.24, 2.45) is 5.92 Å². The number of hydrogen-bond acceptors (Lipinski definition) is 7. The van der Waals surface area contributed by atoms with E-state index in [9.17, 15) is 24.9 Å². The van der Waals surface area contributed by atoms with E-state index in [4.69, 9.17) is 4.74 Å². The van der Waals surface area contributed by atoms with Crippen molar-refractivity contribution in [3.8, 4) is 0 Å². The number of aliphatic hydroxyl groups is 3. The Morgan fingerprint density at radius 3 is 2.51 bits per heavy atom. The number of benzene rings is 1. The highest BCUT2D eigenvalue weighted by molar-refractivity contribution is 5.90. The van der Waals surface area contributed by atoms with Crippen molar-refractivity contribution in [1.82, 2.24) is 20.1 Å². The Morgan fingerprint density at radius 2 is 1.85 bits per heavy atom. The maximum absolute atomic E-state index is 13.7. The van der Waals surface area contributed by atoms with Crippen LogP contribution in [0.25, 0.3) is 10.9 Å². The molecule has 5 N–H and O–H groups in total. The molecule has 2 aliphatic rings. The lowest BCUT2D eigenvalue weighted by Crippen LogP contribution is -2.55. The van der Waals surface area contributed by atoms with Gasteiger partial charge in [0.25, 0.3) is 0 Å². The van der Waals surface area contributed by atoms with E-state index in [0.717, 1.165) is 34.9 Å². The minimum Gasteiger partial charge on any atom is -0.388 e. The number of aryl methyl sites for hydroxylation is 1. The Bertz CT molecular complexity index is 1180. The van der Waals surface area contributed by atoms with E-state index in [1.54, 1.807) is 20.9 Å². The van der Waals surface area contributed by atoms with Gasteiger partial charge >= 0.3 is 0 Å². The molecule has 0 bridgehead atoms. The molecule has 0 saturated carbocycles. The third kappa shape index (κ3) is 5.71. The highest BCUT2D eigenvalue weighted by Gasteiger charge is 2.43. The van der Waals surface area contributed by atoms with E-state index in [2.05, 4.69) is 10.6 Å². The summed E-state index contributed by atoms with van der Waals surface area (Å²) in [4.78, 5) is 28.2. The number of aliphatic hydroxyl groups excluding tert-OH is 3. The number of fused-ring (bicyclic) bond motifs is 1. The number of amides is 2. The van der Waals surface area contributed by atoms with Crippen LogP contribution in [-0.4, -0.2) is 92.7 Å². The average Bonchev–Trinajstić information content (AvgIpc) is 3.52. The van der Waals surface area contributed by atoms with E-state index < -0.39 is 42.7 Å². The largest absolute Gasteiger partial charge is 0.388 e. The molecule has 2 amide bonds. The number of nitrogens with one attached hydrogen (secondary N) is 2. The standard InChI is InChI=1S/C29H44N4O6/c1-15(2)22(31-27(37)17(4)30-6)28(38)32-12-8-10-20(32)13-19-14-33(23-16(3)9-7-11-21(19)23)29-26(36)25(35)24(34)18(5)39-29/h7,9,11,14-15,17-18,20,22,24-26,29-30,34-36H,8,10,12-13H2,1-6H3,(H,31,37)/t17-,18-,20-,22-,24+,25-,26+,29?/m0/s1. The maximum Gasteiger partial charge on any atom is 0.245 e. The molecule has 3 heterocycles. The van der Waals surface area contributed by atoms with Crippen LogP contribution in [0.1, 0.15) is 57.9 Å². The first kappa shape index (κ1) is 29.5. The molecule has 10 heteroatoms. The Morgan fingerprint density at radius 1 is 1.13 bits per heavy atom. The molecule has 10 nitrogen and oxygen atoms in total. The van der Waals surface area contributed by atoms with Crippen LogP contribution in [0.3, 0.4) is 0 Å². The minimum absolute atomic E-state index is 0.0412. The van der Waals surface area contributed by atoms with Gasteiger partial charge in [-0.2, -0.15) is 0 Å². The van der Waals surface area contributed by atoms with Gasteiger partial charge in [-0.05, 0) is 64.1 Å². The zero-order valence-corrected chi connectivity index (χ0v) is 23.8. The summed E-state index contributed by atoms with van der Waals surface area (Å²) in [5.41, 5.74) is 2.89. The predicted octanol–water partition coefficient (Wildman–Crippen LogP) is 1.23. The van der Waals surface area contributed by atoms with Crippen LogP contribution < -0.4 is 10.6 Å². The number of ether oxygens (including phenoxy) is 1. The van der Waals surface area contributed by atoms with Gasteiger partial charge in [0.05, 0.1) is 17.7 Å². The summed E-state index contributed by atoms with van der Waals surface area (Å²) in [5, 5.41) is 38.4. The second-order valence-electron chi connectivity index (χ2n) is 11.5. The van der Waals surface area contributed by atoms with Gasteiger partial charge in [-0.1, -0.05) is 32.0 Å². The van der Waals surface area contributed by atoms with Gasteiger partial charge in [0, 0.05) is 24.2 Å². The van der Waals surface area contributed by atoms with Crippen LogP contribution in [0.2, 0.25) is 0 Å². The van der Waals surface area contributed by atoms with Crippen molar-refractivity contribution in [2.45, 2.75) is 103 Å². The molecule has 4 rings (SSSR count). The number of aromatic nitrogens is 1. The smallest absolute Gasteiger partial charge is 0.245 e. The van der Waals surface area contributed by atoms with Crippen LogP contribution >= 0.6 is 0 Å². The molecule has 39 heavy (non-hydrogen) atoms. The minimum atomic E-state index is -1.33. The van der Waals surface area contributed by atoms with Crippen molar-refractivity contribution in [1.29, 1.82) is 0 Å². The van der Waals surface area contributed by atoms with Gasteiger partial charge in [-0.25, -0.2) is 0 Å². The lowest BCUT2D eigenvalue weighted by atomic mass is 9.99. The quantitative estimate of drug-likeness (QED) is 0.337. The van der Waals surface area contributed by atoms with E-state index in [-0.39, 0.29) is 23.8 Å². The fraction of sp³-hybridized carbons (Fsp3) is 0.655. The van der Waals surface area contributed by atoms with Crippen LogP contribution in [0.15, 0.2) is 24.4 Å². The first-order valence-electron chi connectivity index (χ1n) is 14.0. The normalized spacial score (nSPS) is 29.1. The van der Waals surface area contributed by atoms with Crippen molar-refractivity contribution in [2.75, 3.05) is 13.6 Å². The van der Waals surface area contributed by atoms with Gasteiger partial charge in [0.2, 0.25) is 11.8 Å². The second kappa shape index (κ2) is 11.9. The SMILES string of the molecule is CN[C@@H](C)C(=O)N[C@H](C(=O)N1CCC[C@H]1Cc1cn(C2O[C@@H](C)[C@@H](O)[C@H](O)[C@H]2O)c2c(C)cccc12)C(C)C. The number of hydrogen-bond donors (Lipinski definition) is 5. The number of carbonyl (C=O) groups is 2. The fourth-order valence-electron chi connectivity index (χ4n) is 5.88. The van der Waals surface area contributed by atoms with Crippen LogP contribution in [0.5, 0.6) is 0 Å². The number of likely N-dealkylation sites (N-methyl/N-ethyl adjacent to an activating group) is 1. The molecule has 2 aliphatic heterocycles.